The van der Waals surface area contributed by atoms with Crippen molar-refractivity contribution < 1.29 is 4.79 Å². The van der Waals surface area contributed by atoms with E-state index in [9.17, 15) is 9.59 Å². The van der Waals surface area contributed by atoms with Crippen LogP contribution in [-0.4, -0.2) is 33.2 Å². The van der Waals surface area contributed by atoms with Crippen molar-refractivity contribution in [1.82, 2.24) is 14.5 Å². The Balaban J connectivity index is 1.45. The van der Waals surface area contributed by atoms with Crippen LogP contribution in [-0.2, 0) is 24.2 Å². The SMILES string of the molecule is CN(Cc1cccs1)C(=O)CSc1nc2sc3c(c2c(=O)n1C1CCCC1)CCCC3. The Hall–Kier alpha value is -1.64. The van der Waals surface area contributed by atoms with Crippen molar-refractivity contribution in [2.75, 3.05) is 12.8 Å². The van der Waals surface area contributed by atoms with Gasteiger partial charge in [-0.05, 0) is 55.5 Å². The summed E-state index contributed by atoms with van der Waals surface area (Å²) in [7, 11) is 1.84. The number of aromatic nitrogens is 2. The lowest BCUT2D eigenvalue weighted by Crippen LogP contribution is -2.29. The molecule has 1 amide bonds. The topological polar surface area (TPSA) is 55.2 Å². The van der Waals surface area contributed by atoms with E-state index in [1.54, 1.807) is 27.6 Å². The number of aryl methyl sites for hydroxylation is 2. The molecular formula is C23H27N3O2S3. The van der Waals surface area contributed by atoms with Crippen molar-refractivity contribution in [2.24, 2.45) is 0 Å². The molecule has 0 bridgehead atoms. The molecule has 0 N–H and O–H groups in total. The molecule has 3 heterocycles. The summed E-state index contributed by atoms with van der Waals surface area (Å²) in [5.74, 6) is 0.369. The van der Waals surface area contributed by atoms with Crippen LogP contribution in [0.15, 0.2) is 27.5 Å². The zero-order valence-corrected chi connectivity index (χ0v) is 20.2. The molecule has 2 aliphatic carbocycles. The second-order valence-electron chi connectivity index (χ2n) is 8.52. The fourth-order valence-electron chi connectivity index (χ4n) is 4.75. The van der Waals surface area contributed by atoms with Crippen LogP contribution in [0.4, 0.5) is 0 Å². The molecule has 0 spiro atoms. The van der Waals surface area contributed by atoms with Gasteiger partial charge in [0.1, 0.15) is 4.83 Å². The summed E-state index contributed by atoms with van der Waals surface area (Å²) in [6.45, 7) is 0.622. The van der Waals surface area contributed by atoms with E-state index in [2.05, 4.69) is 0 Å². The van der Waals surface area contributed by atoms with E-state index in [0.717, 1.165) is 60.3 Å². The van der Waals surface area contributed by atoms with Crippen LogP contribution in [0.25, 0.3) is 10.2 Å². The summed E-state index contributed by atoms with van der Waals surface area (Å²) >= 11 is 4.78. The van der Waals surface area contributed by atoms with Crippen LogP contribution in [0.2, 0.25) is 0 Å². The van der Waals surface area contributed by atoms with Gasteiger partial charge in [-0.15, -0.1) is 22.7 Å². The molecule has 0 saturated heterocycles. The summed E-state index contributed by atoms with van der Waals surface area (Å²) in [6.07, 6.45) is 8.78. The molecule has 0 aromatic carbocycles. The van der Waals surface area contributed by atoms with Crippen LogP contribution in [0.3, 0.4) is 0 Å². The summed E-state index contributed by atoms with van der Waals surface area (Å²) < 4.78 is 1.94. The Kier molecular flexibility index (Phi) is 6.21. The Morgan fingerprint density at radius 2 is 2.06 bits per heavy atom. The standard InChI is InChI=1S/C23H27N3O2S3/c1-25(13-16-9-6-12-29-16)19(27)14-30-23-24-21-20(17-10-4-5-11-18(17)31-21)22(28)26(23)15-7-2-3-8-15/h6,9,12,15H,2-5,7-8,10-11,13-14H2,1H3. The number of hydrogen-bond acceptors (Lipinski definition) is 6. The normalized spacial score (nSPS) is 16.7. The Bertz CT molecular complexity index is 1140. The third kappa shape index (κ3) is 4.22. The number of thioether (sulfide) groups is 1. The lowest BCUT2D eigenvalue weighted by molar-refractivity contribution is -0.127. The Morgan fingerprint density at radius 3 is 2.84 bits per heavy atom. The molecule has 1 saturated carbocycles. The van der Waals surface area contributed by atoms with E-state index in [-0.39, 0.29) is 17.5 Å². The molecule has 5 nitrogen and oxygen atoms in total. The minimum atomic E-state index is 0.0659. The Labute approximate surface area is 194 Å². The second kappa shape index (κ2) is 9.08. The maximum absolute atomic E-state index is 13.7. The molecule has 0 radical (unpaired) electrons. The van der Waals surface area contributed by atoms with Crippen LogP contribution in [0, 0.1) is 0 Å². The van der Waals surface area contributed by atoms with Gasteiger partial charge >= 0.3 is 0 Å². The molecule has 0 aliphatic heterocycles. The van der Waals surface area contributed by atoms with E-state index in [0.29, 0.717) is 12.3 Å². The number of rotatable bonds is 6. The van der Waals surface area contributed by atoms with Crippen LogP contribution < -0.4 is 5.56 Å². The maximum Gasteiger partial charge on any atom is 0.263 e. The van der Waals surface area contributed by atoms with Crippen molar-refractivity contribution >= 4 is 50.6 Å². The largest absolute Gasteiger partial charge is 0.340 e. The van der Waals surface area contributed by atoms with Gasteiger partial charge in [-0.1, -0.05) is 30.7 Å². The van der Waals surface area contributed by atoms with Gasteiger partial charge in [-0.3, -0.25) is 14.2 Å². The number of fused-ring (bicyclic) bond motifs is 3. The van der Waals surface area contributed by atoms with Gasteiger partial charge in [-0.2, -0.15) is 0 Å². The molecule has 2 aliphatic rings. The van der Waals surface area contributed by atoms with Crippen LogP contribution >= 0.6 is 34.4 Å². The smallest absolute Gasteiger partial charge is 0.263 e. The van der Waals surface area contributed by atoms with E-state index < -0.39 is 0 Å². The van der Waals surface area contributed by atoms with Gasteiger partial charge in [0.15, 0.2) is 5.16 Å². The number of carbonyl (C=O) groups is 1. The third-order valence-electron chi connectivity index (χ3n) is 6.40. The van der Waals surface area contributed by atoms with Crippen molar-refractivity contribution in [2.45, 2.75) is 69.1 Å². The monoisotopic (exact) mass is 473 g/mol. The molecule has 3 aromatic rings. The van der Waals surface area contributed by atoms with E-state index >= 15 is 0 Å². The summed E-state index contributed by atoms with van der Waals surface area (Å²) in [5, 5.41) is 3.61. The first-order valence-corrected chi connectivity index (χ1v) is 13.8. The van der Waals surface area contributed by atoms with Gasteiger partial charge < -0.3 is 4.90 Å². The van der Waals surface area contributed by atoms with Crippen LogP contribution in [0.1, 0.15) is 59.9 Å². The average molecular weight is 474 g/mol. The van der Waals surface area contributed by atoms with Gasteiger partial charge in [0, 0.05) is 22.8 Å². The highest BCUT2D eigenvalue weighted by Crippen LogP contribution is 2.37. The lowest BCUT2D eigenvalue weighted by Gasteiger charge is -2.20. The highest BCUT2D eigenvalue weighted by Gasteiger charge is 2.27. The van der Waals surface area contributed by atoms with Gasteiger partial charge in [0.05, 0.1) is 17.7 Å². The molecule has 0 unspecified atom stereocenters. The van der Waals surface area contributed by atoms with Crippen LogP contribution in [0.5, 0.6) is 0 Å². The lowest BCUT2D eigenvalue weighted by atomic mass is 9.97. The number of thiophene rings is 2. The predicted molar refractivity (Wildman–Crippen MR) is 130 cm³/mol. The van der Waals surface area contributed by atoms with E-state index in [1.807, 2.05) is 29.1 Å². The first kappa shape index (κ1) is 21.2. The first-order valence-electron chi connectivity index (χ1n) is 11.1. The van der Waals surface area contributed by atoms with Crippen molar-refractivity contribution in [1.29, 1.82) is 0 Å². The van der Waals surface area contributed by atoms with E-state index in [1.165, 1.54) is 33.5 Å². The molecule has 8 heteroatoms. The van der Waals surface area contributed by atoms with Gasteiger partial charge in [-0.25, -0.2) is 4.98 Å². The van der Waals surface area contributed by atoms with Crippen molar-refractivity contribution in [3.63, 3.8) is 0 Å². The number of amides is 1. The minimum Gasteiger partial charge on any atom is -0.340 e. The zero-order valence-electron chi connectivity index (χ0n) is 17.8. The molecule has 0 atom stereocenters. The average Bonchev–Trinajstić information content (AvgIpc) is 3.52. The Morgan fingerprint density at radius 1 is 1.26 bits per heavy atom. The molecule has 31 heavy (non-hydrogen) atoms. The first-order chi connectivity index (χ1) is 15.1. The molecular weight excluding hydrogens is 446 g/mol. The molecule has 5 rings (SSSR count). The fraction of sp³-hybridized carbons (Fsp3) is 0.522. The highest BCUT2D eigenvalue weighted by atomic mass is 32.2. The fourth-order valence-corrected chi connectivity index (χ4v) is 7.81. The maximum atomic E-state index is 13.7. The number of hydrogen-bond donors (Lipinski definition) is 0. The highest BCUT2D eigenvalue weighted by molar-refractivity contribution is 7.99. The molecule has 1 fully saturated rings. The summed E-state index contributed by atoms with van der Waals surface area (Å²) in [6, 6.07) is 4.27. The minimum absolute atomic E-state index is 0.0659. The van der Waals surface area contributed by atoms with E-state index in [4.69, 9.17) is 4.98 Å². The zero-order chi connectivity index (χ0) is 21.4. The number of nitrogens with zero attached hydrogens (tertiary/aromatic N) is 3. The number of carbonyl (C=O) groups excluding carboxylic acids is 1. The molecule has 3 aromatic heterocycles. The van der Waals surface area contributed by atoms with Gasteiger partial charge in [0.25, 0.3) is 5.56 Å². The van der Waals surface area contributed by atoms with Crippen molar-refractivity contribution in [3.8, 4) is 0 Å². The predicted octanol–water partition coefficient (Wildman–Crippen LogP) is 5.26. The molecule has 164 valence electrons. The third-order valence-corrected chi connectivity index (χ3v) is 9.39. The second-order valence-corrected chi connectivity index (χ2v) is 11.6. The van der Waals surface area contributed by atoms with Gasteiger partial charge in [0.2, 0.25) is 5.91 Å². The quantitative estimate of drug-likeness (QED) is 0.362. The van der Waals surface area contributed by atoms with Crippen molar-refractivity contribution in [3.05, 3.63) is 43.2 Å². The summed E-state index contributed by atoms with van der Waals surface area (Å²) in [4.78, 5) is 36.6. The summed E-state index contributed by atoms with van der Waals surface area (Å²) in [5.41, 5.74) is 1.37.